The molecule has 2 saturated heterocycles. The SMILES string of the molecule is CC(C)C(=O)N1CCC[C@H]1c1ncc(-c2ccc(-c3ccc(NC(=O)[C@@H]4COCCN4C(=O)[C@@H](C)NC(=O)OC(C)(C)C)cc3)cc2)[nH]1. The lowest BCUT2D eigenvalue weighted by atomic mass is 10.0. The van der Waals surface area contributed by atoms with Gasteiger partial charge in [0.15, 0.2) is 0 Å². The Balaban J connectivity index is 1.19. The Hall–Kier alpha value is -4.71. The molecule has 3 N–H and O–H groups in total. The molecule has 12 nitrogen and oxygen atoms in total. The van der Waals surface area contributed by atoms with Gasteiger partial charge in [0.2, 0.25) is 17.7 Å². The first-order chi connectivity index (χ1) is 22.8. The standard InChI is InChI=1S/C36H46N6O6/c1-22(2)33(44)41-17-7-8-29(41)31-37-20-28(40-31)26-11-9-24(10-12-26)25-13-15-27(16-14-25)39-32(43)30-21-47-19-18-42(30)34(45)23(3)38-35(46)48-36(4,5)6/h9-16,20,22-23,29-30H,7-8,17-19,21H2,1-6H3,(H,37,40)(H,38,46)(H,39,43)/t23-,29+,30+/m1/s1. The summed E-state index contributed by atoms with van der Waals surface area (Å²) in [6.07, 6.45) is 2.99. The van der Waals surface area contributed by atoms with Crippen molar-refractivity contribution in [2.24, 2.45) is 5.92 Å². The molecule has 5 rings (SSSR count). The maximum atomic E-state index is 13.3. The van der Waals surface area contributed by atoms with Gasteiger partial charge in [-0.1, -0.05) is 50.2 Å². The van der Waals surface area contributed by atoms with Crippen LogP contribution in [0.5, 0.6) is 0 Å². The van der Waals surface area contributed by atoms with E-state index in [1.165, 1.54) is 4.90 Å². The minimum Gasteiger partial charge on any atom is -0.444 e. The third kappa shape index (κ3) is 8.22. The van der Waals surface area contributed by atoms with Gasteiger partial charge >= 0.3 is 6.09 Å². The summed E-state index contributed by atoms with van der Waals surface area (Å²) < 4.78 is 10.8. The van der Waals surface area contributed by atoms with Crippen molar-refractivity contribution in [1.29, 1.82) is 0 Å². The number of amides is 4. The molecule has 0 aliphatic carbocycles. The van der Waals surface area contributed by atoms with E-state index >= 15 is 0 Å². The molecule has 12 heteroatoms. The summed E-state index contributed by atoms with van der Waals surface area (Å²) in [4.78, 5) is 62.8. The van der Waals surface area contributed by atoms with Gasteiger partial charge in [-0.2, -0.15) is 0 Å². The number of hydrogen-bond donors (Lipinski definition) is 3. The van der Waals surface area contributed by atoms with Crippen LogP contribution in [0.25, 0.3) is 22.4 Å². The van der Waals surface area contributed by atoms with Crippen molar-refractivity contribution in [2.45, 2.75) is 78.1 Å². The lowest BCUT2D eigenvalue weighted by Crippen LogP contribution is -2.58. The number of rotatable bonds is 8. The van der Waals surface area contributed by atoms with E-state index < -0.39 is 29.7 Å². The molecule has 0 radical (unpaired) electrons. The molecule has 2 aliphatic rings. The van der Waals surface area contributed by atoms with Crippen LogP contribution < -0.4 is 10.6 Å². The van der Waals surface area contributed by atoms with Crippen molar-refractivity contribution in [3.63, 3.8) is 0 Å². The van der Waals surface area contributed by atoms with Crippen molar-refractivity contribution in [1.82, 2.24) is 25.1 Å². The van der Waals surface area contributed by atoms with Crippen LogP contribution in [0.4, 0.5) is 10.5 Å². The fraction of sp³-hybridized carbons (Fsp3) is 0.472. The van der Waals surface area contributed by atoms with E-state index in [4.69, 9.17) is 9.47 Å². The third-order valence-corrected chi connectivity index (χ3v) is 8.44. The Bertz CT molecular complexity index is 1610. The van der Waals surface area contributed by atoms with Crippen LogP contribution in [0, 0.1) is 5.92 Å². The molecule has 3 aromatic rings. The zero-order valence-electron chi connectivity index (χ0n) is 28.5. The number of ether oxygens (including phenoxy) is 2. The van der Waals surface area contributed by atoms with Gasteiger partial charge in [0.05, 0.1) is 31.1 Å². The highest BCUT2D eigenvalue weighted by atomic mass is 16.6. The Morgan fingerprint density at radius 1 is 0.917 bits per heavy atom. The predicted octanol–water partition coefficient (Wildman–Crippen LogP) is 5.14. The van der Waals surface area contributed by atoms with Crippen molar-refractivity contribution in [3.05, 3.63) is 60.6 Å². The third-order valence-electron chi connectivity index (χ3n) is 8.44. The quantitative estimate of drug-likeness (QED) is 0.304. The summed E-state index contributed by atoms with van der Waals surface area (Å²) >= 11 is 0. The Morgan fingerprint density at radius 3 is 2.21 bits per heavy atom. The highest BCUT2D eigenvalue weighted by Gasteiger charge is 2.36. The topological polar surface area (TPSA) is 146 Å². The number of carbonyl (C=O) groups is 4. The second-order valence-electron chi connectivity index (χ2n) is 13.7. The van der Waals surface area contributed by atoms with Gasteiger partial charge in [-0.05, 0) is 69.4 Å². The summed E-state index contributed by atoms with van der Waals surface area (Å²) in [5.74, 6) is 0.159. The number of hydrogen-bond acceptors (Lipinski definition) is 7. The maximum Gasteiger partial charge on any atom is 0.408 e. The fourth-order valence-corrected chi connectivity index (χ4v) is 5.99. The average molecular weight is 659 g/mol. The van der Waals surface area contributed by atoms with Crippen LogP contribution in [0.2, 0.25) is 0 Å². The number of nitrogens with zero attached hydrogens (tertiary/aromatic N) is 3. The molecule has 48 heavy (non-hydrogen) atoms. The lowest BCUT2D eigenvalue weighted by molar-refractivity contribution is -0.147. The number of carbonyl (C=O) groups excluding carboxylic acids is 4. The van der Waals surface area contributed by atoms with Crippen molar-refractivity contribution >= 4 is 29.5 Å². The highest BCUT2D eigenvalue weighted by molar-refractivity contribution is 5.98. The van der Waals surface area contributed by atoms with Crippen molar-refractivity contribution in [3.8, 4) is 22.4 Å². The van der Waals surface area contributed by atoms with Gasteiger partial charge in [-0.25, -0.2) is 9.78 Å². The first-order valence-corrected chi connectivity index (χ1v) is 16.6. The fourth-order valence-electron chi connectivity index (χ4n) is 5.99. The monoisotopic (exact) mass is 658 g/mol. The second-order valence-corrected chi connectivity index (χ2v) is 13.7. The maximum absolute atomic E-state index is 13.3. The number of alkyl carbamates (subject to hydrolysis) is 1. The first-order valence-electron chi connectivity index (χ1n) is 16.6. The normalized spacial score (nSPS) is 18.8. The van der Waals surface area contributed by atoms with Crippen LogP contribution in [0.15, 0.2) is 54.7 Å². The van der Waals surface area contributed by atoms with Gasteiger partial charge < -0.3 is 34.9 Å². The number of nitrogens with one attached hydrogen (secondary N) is 3. The zero-order valence-corrected chi connectivity index (χ0v) is 28.5. The zero-order chi connectivity index (χ0) is 34.6. The number of aromatic amines is 1. The molecule has 2 aliphatic heterocycles. The molecular weight excluding hydrogens is 612 g/mol. The number of H-pyrrole nitrogens is 1. The summed E-state index contributed by atoms with van der Waals surface area (Å²) in [6, 6.07) is 13.8. The van der Waals surface area contributed by atoms with Crippen LogP contribution in [-0.2, 0) is 23.9 Å². The van der Waals surface area contributed by atoms with Crippen LogP contribution in [-0.4, -0.2) is 87.6 Å². The molecule has 1 aromatic heterocycles. The molecule has 0 spiro atoms. The molecule has 4 amide bonds. The van der Waals surface area contributed by atoms with Crippen molar-refractivity contribution in [2.75, 3.05) is 31.6 Å². The minimum atomic E-state index is -0.882. The number of morpholine rings is 1. The number of aromatic nitrogens is 2. The van der Waals surface area contributed by atoms with E-state index in [-0.39, 0.29) is 36.9 Å². The summed E-state index contributed by atoms with van der Waals surface area (Å²) in [7, 11) is 0. The van der Waals surface area contributed by atoms with Gasteiger partial charge in [0.1, 0.15) is 23.5 Å². The average Bonchev–Trinajstić information content (AvgIpc) is 3.74. The molecule has 0 saturated carbocycles. The van der Waals surface area contributed by atoms with Crippen LogP contribution in [0.1, 0.15) is 66.3 Å². The molecule has 3 heterocycles. The van der Waals surface area contributed by atoms with E-state index in [0.29, 0.717) is 12.3 Å². The van der Waals surface area contributed by atoms with Gasteiger partial charge in [0.25, 0.3) is 0 Å². The van der Waals surface area contributed by atoms with Gasteiger partial charge in [-0.3, -0.25) is 14.4 Å². The molecule has 0 unspecified atom stereocenters. The van der Waals surface area contributed by atoms with E-state index in [1.54, 1.807) is 27.7 Å². The number of likely N-dealkylation sites (tertiary alicyclic amines) is 1. The van der Waals surface area contributed by atoms with E-state index in [2.05, 4.69) is 20.6 Å². The molecule has 2 fully saturated rings. The van der Waals surface area contributed by atoms with Crippen LogP contribution >= 0.6 is 0 Å². The summed E-state index contributed by atoms with van der Waals surface area (Å²) in [5, 5.41) is 5.45. The largest absolute Gasteiger partial charge is 0.444 e. The van der Waals surface area contributed by atoms with Gasteiger partial charge in [-0.15, -0.1) is 0 Å². The minimum absolute atomic E-state index is 0.0224. The van der Waals surface area contributed by atoms with E-state index in [0.717, 1.165) is 47.6 Å². The summed E-state index contributed by atoms with van der Waals surface area (Å²) in [6.45, 7) is 12.0. The predicted molar refractivity (Wildman–Crippen MR) is 182 cm³/mol. The van der Waals surface area contributed by atoms with Crippen LogP contribution in [0.3, 0.4) is 0 Å². The van der Waals surface area contributed by atoms with E-state index in [9.17, 15) is 19.2 Å². The first kappa shape index (κ1) is 34.6. The highest BCUT2D eigenvalue weighted by Crippen LogP contribution is 2.33. The van der Waals surface area contributed by atoms with Crippen molar-refractivity contribution < 1.29 is 28.7 Å². The molecule has 256 valence electrons. The number of imidazole rings is 1. The molecule has 2 aromatic carbocycles. The molecule has 3 atom stereocenters. The Labute approximate surface area is 281 Å². The lowest BCUT2D eigenvalue weighted by Gasteiger charge is -2.36. The summed E-state index contributed by atoms with van der Waals surface area (Å²) in [5.41, 5.74) is 3.74. The Morgan fingerprint density at radius 2 is 1.56 bits per heavy atom. The Kier molecular flexibility index (Phi) is 10.5. The van der Waals surface area contributed by atoms with E-state index in [1.807, 2.05) is 73.5 Å². The number of benzene rings is 2. The number of anilines is 1. The molecular formula is C36H46N6O6. The van der Waals surface area contributed by atoms with Gasteiger partial charge in [0, 0.05) is 24.7 Å². The molecule has 0 bridgehead atoms. The second kappa shape index (κ2) is 14.6. The smallest absolute Gasteiger partial charge is 0.408 e.